The number of hydrogen-bond acceptors (Lipinski definition) is 1. The third-order valence-electron chi connectivity index (χ3n) is 1.33. The lowest BCUT2D eigenvalue weighted by molar-refractivity contribution is -0.141. The predicted octanol–water partition coefficient (Wildman–Crippen LogP) is 3.06. The van der Waals surface area contributed by atoms with Crippen molar-refractivity contribution in [3.05, 3.63) is 28.5 Å². The molecule has 5 heteroatoms. The molecule has 0 N–H and O–H groups in total. The Bertz CT molecular complexity index is 295. The highest BCUT2D eigenvalue weighted by atomic mass is 35.5. The summed E-state index contributed by atoms with van der Waals surface area (Å²) in [6, 6.07) is 2.19. The Morgan fingerprint density at radius 3 is 2.33 bits per heavy atom. The normalized spacial score (nSPS) is 11.8. The quantitative estimate of drug-likeness (QED) is 0.580. The van der Waals surface area contributed by atoms with Crippen molar-refractivity contribution >= 4 is 11.6 Å². The van der Waals surface area contributed by atoms with Crippen molar-refractivity contribution in [1.29, 1.82) is 0 Å². The van der Waals surface area contributed by atoms with Gasteiger partial charge in [0.25, 0.3) is 0 Å². The van der Waals surface area contributed by atoms with Gasteiger partial charge in [0.1, 0.15) is 10.8 Å². The van der Waals surface area contributed by atoms with E-state index in [9.17, 15) is 13.2 Å². The fourth-order valence-corrected chi connectivity index (χ4v) is 0.816. The highest BCUT2D eigenvalue weighted by Crippen LogP contribution is 2.28. The topological polar surface area (TPSA) is 12.9 Å². The summed E-state index contributed by atoms with van der Waals surface area (Å²) in [6.07, 6.45) is -4.42. The third kappa shape index (κ3) is 1.88. The van der Waals surface area contributed by atoms with Gasteiger partial charge in [0.2, 0.25) is 0 Å². The molecule has 1 aromatic rings. The molecule has 12 heavy (non-hydrogen) atoms. The summed E-state index contributed by atoms with van der Waals surface area (Å²) in [4.78, 5) is 3.18. The molecule has 0 amide bonds. The minimum Gasteiger partial charge on any atom is -0.231 e. The first-order valence-corrected chi connectivity index (χ1v) is 3.49. The van der Waals surface area contributed by atoms with Gasteiger partial charge in [-0.3, -0.25) is 0 Å². The van der Waals surface area contributed by atoms with Gasteiger partial charge in [-0.2, -0.15) is 13.2 Å². The summed E-state index contributed by atoms with van der Waals surface area (Å²) >= 11 is 5.41. The number of hydrogen-bond donors (Lipinski definition) is 0. The lowest BCUT2D eigenvalue weighted by atomic mass is 10.3. The first kappa shape index (κ1) is 9.32. The Labute approximate surface area is 72.2 Å². The summed E-state index contributed by atoms with van der Waals surface area (Å²) < 4.78 is 35.9. The zero-order chi connectivity index (χ0) is 9.35. The Kier molecular flexibility index (Phi) is 2.28. The minimum atomic E-state index is -4.42. The third-order valence-corrected chi connectivity index (χ3v) is 1.71. The number of aryl methyl sites for hydroxylation is 1. The molecule has 0 aromatic carbocycles. The van der Waals surface area contributed by atoms with E-state index in [0.29, 0.717) is 5.56 Å². The molecule has 1 nitrogen and oxygen atoms in total. The van der Waals surface area contributed by atoms with Crippen LogP contribution in [0.3, 0.4) is 0 Å². The van der Waals surface area contributed by atoms with Crippen LogP contribution in [0, 0.1) is 6.92 Å². The van der Waals surface area contributed by atoms with Crippen molar-refractivity contribution in [2.45, 2.75) is 13.1 Å². The van der Waals surface area contributed by atoms with E-state index in [2.05, 4.69) is 4.98 Å². The largest absolute Gasteiger partial charge is 0.433 e. The van der Waals surface area contributed by atoms with Gasteiger partial charge < -0.3 is 0 Å². The average Bonchev–Trinajstić information content (AvgIpc) is 1.92. The molecule has 1 aromatic heterocycles. The van der Waals surface area contributed by atoms with Crippen LogP contribution in [-0.2, 0) is 6.18 Å². The first-order valence-electron chi connectivity index (χ1n) is 3.11. The van der Waals surface area contributed by atoms with Gasteiger partial charge in [0.05, 0.1) is 0 Å². The van der Waals surface area contributed by atoms with Crippen LogP contribution in [0.1, 0.15) is 11.3 Å². The van der Waals surface area contributed by atoms with E-state index in [0.717, 1.165) is 6.07 Å². The van der Waals surface area contributed by atoms with Crippen molar-refractivity contribution in [3.63, 3.8) is 0 Å². The van der Waals surface area contributed by atoms with Crippen molar-refractivity contribution in [1.82, 2.24) is 4.98 Å². The molecule has 0 spiro atoms. The maximum Gasteiger partial charge on any atom is 0.433 e. The standard InChI is InChI=1S/C7H5ClF3N/c1-4-2-3-5(7(9,10)11)12-6(4)8/h2-3H,1H3. The van der Waals surface area contributed by atoms with E-state index < -0.39 is 11.9 Å². The number of alkyl halides is 3. The molecule has 0 saturated heterocycles. The fourth-order valence-electron chi connectivity index (χ4n) is 0.662. The number of pyridine rings is 1. The van der Waals surface area contributed by atoms with Crippen LogP contribution in [0.4, 0.5) is 13.2 Å². The molecule has 0 saturated carbocycles. The van der Waals surface area contributed by atoms with E-state index >= 15 is 0 Å². The van der Waals surface area contributed by atoms with Gasteiger partial charge in [0, 0.05) is 0 Å². The van der Waals surface area contributed by atoms with Gasteiger partial charge in [-0.05, 0) is 18.6 Å². The number of aromatic nitrogens is 1. The van der Waals surface area contributed by atoms with Crippen LogP contribution < -0.4 is 0 Å². The molecule has 0 aliphatic rings. The maximum absolute atomic E-state index is 12.0. The van der Waals surface area contributed by atoms with Crippen LogP contribution in [0.5, 0.6) is 0 Å². The molecular weight excluding hydrogens is 191 g/mol. The summed E-state index contributed by atoms with van der Waals surface area (Å²) in [5.74, 6) is 0. The second-order valence-corrected chi connectivity index (χ2v) is 2.66. The average molecular weight is 196 g/mol. The molecule has 0 aliphatic carbocycles. The fraction of sp³-hybridized carbons (Fsp3) is 0.286. The van der Waals surface area contributed by atoms with Gasteiger partial charge >= 0.3 is 6.18 Å². The highest BCUT2D eigenvalue weighted by Gasteiger charge is 2.32. The van der Waals surface area contributed by atoms with Crippen LogP contribution >= 0.6 is 11.6 Å². The van der Waals surface area contributed by atoms with Gasteiger partial charge in [-0.1, -0.05) is 17.7 Å². The van der Waals surface area contributed by atoms with E-state index in [1.165, 1.54) is 6.07 Å². The lowest BCUT2D eigenvalue weighted by Gasteiger charge is -2.05. The van der Waals surface area contributed by atoms with Crippen LogP contribution in [0.25, 0.3) is 0 Å². The Morgan fingerprint density at radius 1 is 1.33 bits per heavy atom. The molecule has 0 aliphatic heterocycles. The number of nitrogens with zero attached hydrogens (tertiary/aromatic N) is 1. The first-order chi connectivity index (χ1) is 5.41. The number of halogens is 4. The maximum atomic E-state index is 12.0. The van der Waals surface area contributed by atoms with Crippen LogP contribution in [0.15, 0.2) is 12.1 Å². The smallest absolute Gasteiger partial charge is 0.231 e. The van der Waals surface area contributed by atoms with Gasteiger partial charge in [-0.15, -0.1) is 0 Å². The molecule has 0 atom stereocenters. The summed E-state index contributed by atoms with van der Waals surface area (Å²) in [7, 11) is 0. The Balaban J connectivity index is 3.14. The SMILES string of the molecule is Cc1ccc(C(F)(F)F)nc1Cl. The van der Waals surface area contributed by atoms with Crippen LogP contribution in [-0.4, -0.2) is 4.98 Å². The minimum absolute atomic E-state index is 0.107. The molecule has 1 rings (SSSR count). The van der Waals surface area contributed by atoms with Gasteiger partial charge in [-0.25, -0.2) is 4.98 Å². The zero-order valence-electron chi connectivity index (χ0n) is 6.11. The van der Waals surface area contributed by atoms with E-state index in [4.69, 9.17) is 11.6 Å². The summed E-state index contributed by atoms with van der Waals surface area (Å²) in [5, 5.41) is -0.107. The molecular formula is C7H5ClF3N. The van der Waals surface area contributed by atoms with Crippen molar-refractivity contribution < 1.29 is 13.2 Å². The molecule has 0 bridgehead atoms. The Hall–Kier alpha value is -0.770. The molecule has 0 radical (unpaired) electrons. The van der Waals surface area contributed by atoms with Crippen molar-refractivity contribution in [2.24, 2.45) is 0 Å². The van der Waals surface area contributed by atoms with Crippen molar-refractivity contribution in [3.8, 4) is 0 Å². The van der Waals surface area contributed by atoms with E-state index in [-0.39, 0.29) is 5.15 Å². The lowest BCUT2D eigenvalue weighted by Crippen LogP contribution is -2.07. The zero-order valence-corrected chi connectivity index (χ0v) is 6.87. The van der Waals surface area contributed by atoms with Gasteiger partial charge in [0.15, 0.2) is 0 Å². The predicted molar refractivity (Wildman–Crippen MR) is 39.0 cm³/mol. The second kappa shape index (κ2) is 2.94. The summed E-state index contributed by atoms with van der Waals surface area (Å²) in [6.45, 7) is 1.59. The second-order valence-electron chi connectivity index (χ2n) is 2.30. The molecule has 1 heterocycles. The monoisotopic (exact) mass is 195 g/mol. The molecule has 0 fully saturated rings. The molecule has 0 unspecified atom stereocenters. The van der Waals surface area contributed by atoms with E-state index in [1.807, 2.05) is 0 Å². The highest BCUT2D eigenvalue weighted by molar-refractivity contribution is 6.30. The van der Waals surface area contributed by atoms with Crippen LogP contribution in [0.2, 0.25) is 5.15 Å². The van der Waals surface area contributed by atoms with E-state index in [1.54, 1.807) is 6.92 Å². The molecule has 66 valence electrons. The summed E-state index contributed by atoms with van der Waals surface area (Å²) in [5.41, 5.74) is -0.428. The Morgan fingerprint density at radius 2 is 1.92 bits per heavy atom. The van der Waals surface area contributed by atoms with Crippen molar-refractivity contribution in [2.75, 3.05) is 0 Å². The number of rotatable bonds is 0.